The normalized spacial score (nSPS) is 10.5. The lowest BCUT2D eigenvalue weighted by Gasteiger charge is -2.06. The molecule has 0 atom stereocenters. The Balaban J connectivity index is 1.55. The second kappa shape index (κ2) is 8.44. The minimum Gasteiger partial charge on any atom is -0.466 e. The number of nitrogens with one attached hydrogen (secondary N) is 2. The number of nitrogens with zero attached hydrogens (tertiary/aromatic N) is 1. The third-order valence-electron chi connectivity index (χ3n) is 3.61. The highest BCUT2D eigenvalue weighted by Crippen LogP contribution is 2.28. The number of benzene rings is 2. The standard InChI is InChI=1S/C19H19N3O3S/c1-2-25-17(23)11-12-20-18(24)13-7-9-14(10-8-13)21-19-22-15-5-3-4-6-16(15)26-19/h3-10H,2,11-12H2,1H3,(H,20,24)(H,21,22). The molecule has 0 unspecified atom stereocenters. The Hall–Kier alpha value is -2.93. The van der Waals surface area contributed by atoms with Crippen LogP contribution in [0.2, 0.25) is 0 Å². The van der Waals surface area contributed by atoms with Gasteiger partial charge in [-0.25, -0.2) is 4.98 Å². The molecule has 1 amide bonds. The molecule has 134 valence electrons. The van der Waals surface area contributed by atoms with Gasteiger partial charge in [0.25, 0.3) is 5.91 Å². The van der Waals surface area contributed by atoms with E-state index in [-0.39, 0.29) is 24.8 Å². The van der Waals surface area contributed by atoms with Gasteiger partial charge in [0.05, 0.1) is 23.2 Å². The van der Waals surface area contributed by atoms with E-state index in [9.17, 15) is 9.59 Å². The summed E-state index contributed by atoms with van der Waals surface area (Å²) in [7, 11) is 0. The van der Waals surface area contributed by atoms with Crippen molar-refractivity contribution in [3.8, 4) is 0 Å². The molecule has 0 saturated carbocycles. The number of aromatic nitrogens is 1. The zero-order valence-electron chi connectivity index (χ0n) is 14.3. The van der Waals surface area contributed by atoms with Gasteiger partial charge in [-0.05, 0) is 43.3 Å². The molecule has 0 saturated heterocycles. The van der Waals surface area contributed by atoms with E-state index in [2.05, 4.69) is 15.6 Å². The summed E-state index contributed by atoms with van der Waals surface area (Å²) >= 11 is 1.58. The number of esters is 1. The van der Waals surface area contributed by atoms with Gasteiger partial charge in [-0.15, -0.1) is 0 Å². The fraction of sp³-hybridized carbons (Fsp3) is 0.211. The summed E-state index contributed by atoms with van der Waals surface area (Å²) in [6.07, 6.45) is 0.164. The molecule has 1 heterocycles. The molecule has 7 heteroatoms. The van der Waals surface area contributed by atoms with Gasteiger partial charge in [0.2, 0.25) is 0 Å². The molecule has 0 aliphatic heterocycles. The third-order valence-corrected chi connectivity index (χ3v) is 4.56. The Morgan fingerprint density at radius 1 is 1.12 bits per heavy atom. The lowest BCUT2D eigenvalue weighted by molar-refractivity contribution is -0.142. The zero-order valence-corrected chi connectivity index (χ0v) is 15.1. The van der Waals surface area contributed by atoms with Crippen LogP contribution in [0.5, 0.6) is 0 Å². The van der Waals surface area contributed by atoms with Crippen molar-refractivity contribution >= 4 is 44.2 Å². The monoisotopic (exact) mass is 369 g/mol. The summed E-state index contributed by atoms with van der Waals surface area (Å²) in [5.74, 6) is -0.538. The van der Waals surface area contributed by atoms with Crippen LogP contribution in [0.25, 0.3) is 10.2 Å². The molecule has 0 aliphatic rings. The number of hydrogen-bond donors (Lipinski definition) is 2. The van der Waals surface area contributed by atoms with Crippen LogP contribution in [0.3, 0.4) is 0 Å². The maximum Gasteiger partial charge on any atom is 0.307 e. The van der Waals surface area contributed by atoms with Crippen molar-refractivity contribution in [3.05, 3.63) is 54.1 Å². The molecule has 2 N–H and O–H groups in total. The molecule has 0 bridgehead atoms. The molecule has 0 aliphatic carbocycles. The molecule has 26 heavy (non-hydrogen) atoms. The van der Waals surface area contributed by atoms with Gasteiger partial charge < -0.3 is 15.4 Å². The van der Waals surface area contributed by atoms with Crippen LogP contribution in [-0.4, -0.2) is 30.0 Å². The molecular formula is C19H19N3O3S. The van der Waals surface area contributed by atoms with Crippen LogP contribution < -0.4 is 10.6 Å². The van der Waals surface area contributed by atoms with Crippen LogP contribution in [0.1, 0.15) is 23.7 Å². The Labute approximate surface area is 155 Å². The van der Waals surface area contributed by atoms with Crippen molar-refractivity contribution in [2.75, 3.05) is 18.5 Å². The quantitative estimate of drug-likeness (QED) is 0.621. The molecular weight excluding hydrogens is 350 g/mol. The molecule has 3 rings (SSSR count). The van der Waals surface area contributed by atoms with E-state index in [0.29, 0.717) is 12.2 Å². The average Bonchev–Trinajstić information content (AvgIpc) is 3.04. The van der Waals surface area contributed by atoms with E-state index in [4.69, 9.17) is 4.74 Å². The zero-order chi connectivity index (χ0) is 18.4. The molecule has 6 nitrogen and oxygen atoms in total. The van der Waals surface area contributed by atoms with Crippen molar-refractivity contribution < 1.29 is 14.3 Å². The number of amides is 1. The number of carbonyl (C=O) groups is 2. The maximum absolute atomic E-state index is 12.1. The van der Waals surface area contributed by atoms with E-state index >= 15 is 0 Å². The van der Waals surface area contributed by atoms with Crippen molar-refractivity contribution in [1.82, 2.24) is 10.3 Å². The first-order chi connectivity index (χ1) is 12.7. The Kier molecular flexibility index (Phi) is 5.80. The van der Waals surface area contributed by atoms with E-state index in [1.807, 2.05) is 36.4 Å². The van der Waals surface area contributed by atoms with Crippen LogP contribution in [-0.2, 0) is 9.53 Å². The van der Waals surface area contributed by atoms with Crippen molar-refractivity contribution in [2.24, 2.45) is 0 Å². The number of carbonyl (C=O) groups excluding carboxylic acids is 2. The van der Waals surface area contributed by atoms with Gasteiger partial charge in [-0.3, -0.25) is 9.59 Å². The topological polar surface area (TPSA) is 80.3 Å². The second-order valence-electron chi connectivity index (χ2n) is 5.50. The Bertz CT molecular complexity index is 873. The second-order valence-corrected chi connectivity index (χ2v) is 6.53. The van der Waals surface area contributed by atoms with Crippen LogP contribution >= 0.6 is 11.3 Å². The molecule has 2 aromatic carbocycles. The minimum atomic E-state index is -0.316. The number of ether oxygens (including phenoxy) is 1. The smallest absolute Gasteiger partial charge is 0.307 e. The number of thiazole rings is 1. The van der Waals surface area contributed by atoms with Gasteiger partial charge in [0.1, 0.15) is 0 Å². The summed E-state index contributed by atoms with van der Waals surface area (Å²) in [4.78, 5) is 27.9. The Morgan fingerprint density at radius 3 is 2.62 bits per heavy atom. The summed E-state index contributed by atoms with van der Waals surface area (Å²) in [5, 5.41) is 6.75. The lowest BCUT2D eigenvalue weighted by Crippen LogP contribution is -2.26. The predicted molar refractivity (Wildman–Crippen MR) is 103 cm³/mol. The first kappa shape index (κ1) is 17.9. The highest BCUT2D eigenvalue weighted by atomic mass is 32.1. The fourth-order valence-corrected chi connectivity index (χ4v) is 3.25. The van der Waals surface area contributed by atoms with Gasteiger partial charge in [-0.1, -0.05) is 23.5 Å². The fourth-order valence-electron chi connectivity index (χ4n) is 2.37. The minimum absolute atomic E-state index is 0.164. The molecule has 0 spiro atoms. The summed E-state index contributed by atoms with van der Waals surface area (Å²) in [5.41, 5.74) is 2.34. The van der Waals surface area contributed by atoms with E-state index in [1.165, 1.54) is 0 Å². The van der Waals surface area contributed by atoms with Crippen molar-refractivity contribution in [1.29, 1.82) is 0 Å². The SMILES string of the molecule is CCOC(=O)CCNC(=O)c1ccc(Nc2nc3ccccc3s2)cc1. The van der Waals surface area contributed by atoms with Gasteiger partial charge in [0, 0.05) is 17.8 Å². The van der Waals surface area contributed by atoms with Gasteiger partial charge in [0.15, 0.2) is 5.13 Å². The third kappa shape index (κ3) is 4.58. The van der Waals surface area contributed by atoms with Crippen molar-refractivity contribution in [2.45, 2.75) is 13.3 Å². The number of fused-ring (bicyclic) bond motifs is 1. The average molecular weight is 369 g/mol. The van der Waals surface area contributed by atoms with Crippen LogP contribution in [0, 0.1) is 0 Å². The predicted octanol–water partition coefficient (Wildman–Crippen LogP) is 3.72. The van der Waals surface area contributed by atoms with Gasteiger partial charge in [-0.2, -0.15) is 0 Å². The lowest BCUT2D eigenvalue weighted by atomic mass is 10.2. The van der Waals surface area contributed by atoms with E-state index in [1.54, 1.807) is 30.4 Å². The summed E-state index contributed by atoms with van der Waals surface area (Å²) < 4.78 is 5.94. The molecule has 0 fully saturated rings. The highest BCUT2D eigenvalue weighted by Gasteiger charge is 2.08. The van der Waals surface area contributed by atoms with Crippen LogP contribution in [0.4, 0.5) is 10.8 Å². The first-order valence-electron chi connectivity index (χ1n) is 8.32. The number of rotatable bonds is 7. The Morgan fingerprint density at radius 2 is 1.88 bits per heavy atom. The number of para-hydroxylation sites is 1. The summed E-state index contributed by atoms with van der Waals surface area (Å²) in [6.45, 7) is 2.35. The molecule has 3 aromatic rings. The van der Waals surface area contributed by atoms with Gasteiger partial charge >= 0.3 is 5.97 Å². The molecule has 0 radical (unpaired) electrons. The number of hydrogen-bond acceptors (Lipinski definition) is 6. The number of anilines is 2. The van der Waals surface area contributed by atoms with E-state index < -0.39 is 0 Å². The van der Waals surface area contributed by atoms with Crippen LogP contribution in [0.15, 0.2) is 48.5 Å². The van der Waals surface area contributed by atoms with E-state index in [0.717, 1.165) is 21.0 Å². The first-order valence-corrected chi connectivity index (χ1v) is 9.14. The summed E-state index contributed by atoms with van der Waals surface area (Å²) in [6, 6.07) is 15.1. The van der Waals surface area contributed by atoms with Crippen molar-refractivity contribution in [3.63, 3.8) is 0 Å². The largest absolute Gasteiger partial charge is 0.466 e. The maximum atomic E-state index is 12.1. The highest BCUT2D eigenvalue weighted by molar-refractivity contribution is 7.22. The molecule has 1 aromatic heterocycles.